The molecule has 4 aromatic rings. The summed E-state index contributed by atoms with van der Waals surface area (Å²) in [5.74, 6) is -0.130. The molecule has 2 heterocycles. The summed E-state index contributed by atoms with van der Waals surface area (Å²) in [6.07, 6.45) is 4.34. The molecule has 178 valence electrons. The molecule has 0 saturated carbocycles. The number of ketones is 1. The van der Waals surface area contributed by atoms with Gasteiger partial charge in [-0.2, -0.15) is 0 Å². The van der Waals surface area contributed by atoms with E-state index in [1.54, 1.807) is 28.8 Å². The second-order valence-corrected chi connectivity index (χ2v) is 8.23. The number of pyridine rings is 2. The van der Waals surface area contributed by atoms with Crippen molar-refractivity contribution in [2.24, 2.45) is 0 Å². The van der Waals surface area contributed by atoms with E-state index in [-0.39, 0.29) is 23.4 Å². The van der Waals surface area contributed by atoms with Gasteiger partial charge in [0.1, 0.15) is 6.54 Å². The Morgan fingerprint density at radius 3 is 2.40 bits per heavy atom. The standard InChI is InChI=1S/C26H22ClN3O5/c1-15-4-5-17(27)10-20(15)29-24(31)14-30-13-19(25(32)16-6-8-28-9-7-16)26(33)18-11-22(34-2)23(35-3)12-21(18)30/h4-13H,14H2,1-3H3,(H,29,31). The molecule has 2 aromatic carbocycles. The van der Waals surface area contributed by atoms with Gasteiger partial charge in [-0.05, 0) is 42.8 Å². The first-order valence-electron chi connectivity index (χ1n) is 10.6. The number of amides is 1. The molecular formula is C26H22ClN3O5. The number of methoxy groups -OCH3 is 2. The van der Waals surface area contributed by atoms with E-state index >= 15 is 0 Å². The van der Waals surface area contributed by atoms with Gasteiger partial charge in [0.05, 0.1) is 30.7 Å². The minimum atomic E-state index is -0.481. The lowest BCUT2D eigenvalue weighted by atomic mass is 10.0. The fraction of sp³-hybridized carbons (Fsp3) is 0.154. The summed E-state index contributed by atoms with van der Waals surface area (Å²) in [5, 5.41) is 3.54. The summed E-state index contributed by atoms with van der Waals surface area (Å²) >= 11 is 6.07. The highest BCUT2D eigenvalue weighted by Crippen LogP contribution is 2.31. The number of ether oxygens (including phenoxy) is 2. The van der Waals surface area contributed by atoms with Gasteiger partial charge in [0, 0.05) is 40.9 Å². The lowest BCUT2D eigenvalue weighted by molar-refractivity contribution is -0.116. The van der Waals surface area contributed by atoms with Crippen LogP contribution >= 0.6 is 11.6 Å². The van der Waals surface area contributed by atoms with Crippen molar-refractivity contribution >= 4 is 39.9 Å². The van der Waals surface area contributed by atoms with Gasteiger partial charge >= 0.3 is 0 Å². The van der Waals surface area contributed by atoms with Gasteiger partial charge in [-0.25, -0.2) is 0 Å². The minimum absolute atomic E-state index is 0.0809. The SMILES string of the molecule is COc1cc2c(=O)c(C(=O)c3ccncc3)cn(CC(=O)Nc3cc(Cl)ccc3C)c2cc1OC. The number of hydrogen-bond donors (Lipinski definition) is 1. The van der Waals surface area contributed by atoms with Crippen molar-refractivity contribution in [2.75, 3.05) is 19.5 Å². The van der Waals surface area contributed by atoms with Gasteiger partial charge in [-0.15, -0.1) is 0 Å². The van der Waals surface area contributed by atoms with Crippen LogP contribution in [0.4, 0.5) is 5.69 Å². The summed E-state index contributed by atoms with van der Waals surface area (Å²) in [5.41, 5.74) is 1.57. The zero-order chi connectivity index (χ0) is 25.1. The summed E-state index contributed by atoms with van der Waals surface area (Å²) in [6.45, 7) is 1.68. The van der Waals surface area contributed by atoms with Crippen LogP contribution in [-0.2, 0) is 11.3 Å². The van der Waals surface area contributed by atoms with Crippen LogP contribution in [0.3, 0.4) is 0 Å². The van der Waals surface area contributed by atoms with E-state index in [1.807, 2.05) is 6.92 Å². The molecule has 0 aliphatic heterocycles. The maximum atomic E-state index is 13.4. The number of benzene rings is 2. The number of aromatic nitrogens is 2. The van der Waals surface area contributed by atoms with E-state index in [2.05, 4.69) is 10.3 Å². The first kappa shape index (κ1) is 24.0. The van der Waals surface area contributed by atoms with E-state index in [4.69, 9.17) is 21.1 Å². The third-order valence-corrected chi connectivity index (χ3v) is 5.80. The molecule has 0 aliphatic rings. The highest BCUT2D eigenvalue weighted by Gasteiger charge is 2.20. The maximum absolute atomic E-state index is 13.4. The quantitative estimate of drug-likeness (QED) is 0.388. The van der Waals surface area contributed by atoms with E-state index in [0.717, 1.165) is 5.56 Å². The maximum Gasteiger partial charge on any atom is 0.244 e. The smallest absolute Gasteiger partial charge is 0.244 e. The van der Waals surface area contributed by atoms with E-state index < -0.39 is 11.2 Å². The Hall–Kier alpha value is -4.17. The number of anilines is 1. The first-order valence-corrected chi connectivity index (χ1v) is 11.0. The van der Waals surface area contributed by atoms with E-state index in [1.165, 1.54) is 51.0 Å². The van der Waals surface area contributed by atoms with Crippen molar-refractivity contribution < 1.29 is 19.1 Å². The number of nitrogens with one attached hydrogen (secondary N) is 1. The Kier molecular flexibility index (Phi) is 6.84. The zero-order valence-corrected chi connectivity index (χ0v) is 20.1. The Labute approximate surface area is 206 Å². The number of hydrogen-bond acceptors (Lipinski definition) is 6. The lowest BCUT2D eigenvalue weighted by Gasteiger charge is -2.16. The van der Waals surface area contributed by atoms with Crippen LogP contribution in [0.2, 0.25) is 5.02 Å². The predicted molar refractivity (Wildman–Crippen MR) is 134 cm³/mol. The molecule has 8 nitrogen and oxygen atoms in total. The average molecular weight is 492 g/mol. The molecule has 0 spiro atoms. The second kappa shape index (κ2) is 9.99. The molecule has 1 N–H and O–H groups in total. The predicted octanol–water partition coefficient (Wildman–Crippen LogP) is 4.25. The van der Waals surface area contributed by atoms with Crippen molar-refractivity contribution in [3.8, 4) is 11.5 Å². The first-order chi connectivity index (χ1) is 16.8. The van der Waals surface area contributed by atoms with Crippen LogP contribution in [0.25, 0.3) is 10.9 Å². The van der Waals surface area contributed by atoms with Gasteiger partial charge in [0.25, 0.3) is 0 Å². The van der Waals surface area contributed by atoms with Crippen LogP contribution in [0.5, 0.6) is 11.5 Å². The fourth-order valence-corrected chi connectivity index (χ4v) is 3.91. The molecule has 0 bridgehead atoms. The largest absolute Gasteiger partial charge is 0.493 e. The highest BCUT2D eigenvalue weighted by atomic mass is 35.5. The molecule has 0 saturated heterocycles. The van der Waals surface area contributed by atoms with Crippen molar-refractivity contribution in [3.05, 3.63) is 93.0 Å². The molecule has 0 atom stereocenters. The van der Waals surface area contributed by atoms with Gasteiger partial charge < -0.3 is 19.4 Å². The number of nitrogens with zero attached hydrogens (tertiary/aromatic N) is 2. The van der Waals surface area contributed by atoms with Crippen LogP contribution in [0.1, 0.15) is 21.5 Å². The van der Waals surface area contributed by atoms with E-state index in [9.17, 15) is 14.4 Å². The molecule has 0 fully saturated rings. The van der Waals surface area contributed by atoms with Crippen molar-refractivity contribution in [1.29, 1.82) is 0 Å². The van der Waals surface area contributed by atoms with Crippen LogP contribution in [0.15, 0.2) is 65.8 Å². The summed E-state index contributed by atoms with van der Waals surface area (Å²) < 4.78 is 12.3. The zero-order valence-electron chi connectivity index (χ0n) is 19.3. The number of aryl methyl sites for hydroxylation is 1. The van der Waals surface area contributed by atoms with Gasteiger partial charge in [-0.3, -0.25) is 19.4 Å². The molecule has 0 aliphatic carbocycles. The summed E-state index contributed by atoms with van der Waals surface area (Å²) in [4.78, 5) is 43.5. The molecule has 1 amide bonds. The average Bonchev–Trinajstić information content (AvgIpc) is 2.87. The van der Waals surface area contributed by atoms with Crippen LogP contribution < -0.4 is 20.2 Å². The lowest BCUT2D eigenvalue weighted by Crippen LogP contribution is -2.24. The molecule has 0 radical (unpaired) electrons. The fourth-order valence-electron chi connectivity index (χ4n) is 3.74. The number of fused-ring (bicyclic) bond motifs is 1. The normalized spacial score (nSPS) is 10.7. The summed E-state index contributed by atoms with van der Waals surface area (Å²) in [7, 11) is 2.93. The Balaban J connectivity index is 1.84. The third kappa shape index (κ3) is 4.88. The monoisotopic (exact) mass is 491 g/mol. The molecule has 35 heavy (non-hydrogen) atoms. The van der Waals surface area contributed by atoms with Crippen molar-refractivity contribution in [1.82, 2.24) is 9.55 Å². The number of carbonyl (C=O) groups excluding carboxylic acids is 2. The van der Waals surface area contributed by atoms with Crippen LogP contribution in [-0.4, -0.2) is 35.5 Å². The Morgan fingerprint density at radius 2 is 1.71 bits per heavy atom. The van der Waals surface area contributed by atoms with Crippen LogP contribution in [0, 0.1) is 6.92 Å². The number of halogens is 1. The molecular weight excluding hydrogens is 470 g/mol. The third-order valence-electron chi connectivity index (χ3n) is 5.56. The minimum Gasteiger partial charge on any atom is -0.493 e. The summed E-state index contributed by atoms with van der Waals surface area (Å²) in [6, 6.07) is 11.4. The number of carbonyl (C=O) groups is 2. The van der Waals surface area contributed by atoms with Gasteiger partial charge in [-0.1, -0.05) is 17.7 Å². The van der Waals surface area contributed by atoms with Crippen molar-refractivity contribution in [2.45, 2.75) is 13.5 Å². The number of rotatable bonds is 7. The van der Waals surface area contributed by atoms with Gasteiger partial charge in [0.2, 0.25) is 11.3 Å². The Bertz CT molecular complexity index is 1500. The van der Waals surface area contributed by atoms with Gasteiger partial charge in [0.15, 0.2) is 17.3 Å². The van der Waals surface area contributed by atoms with Crippen molar-refractivity contribution in [3.63, 3.8) is 0 Å². The molecule has 0 unspecified atom stereocenters. The highest BCUT2D eigenvalue weighted by molar-refractivity contribution is 6.31. The topological polar surface area (TPSA) is 99.5 Å². The molecule has 4 rings (SSSR count). The Morgan fingerprint density at radius 1 is 1.03 bits per heavy atom. The van der Waals surface area contributed by atoms with E-state index in [0.29, 0.717) is 33.3 Å². The molecule has 9 heteroatoms. The second-order valence-electron chi connectivity index (χ2n) is 7.80. The molecule has 2 aromatic heterocycles.